The van der Waals surface area contributed by atoms with Gasteiger partial charge in [-0.1, -0.05) is 38.1 Å². The highest BCUT2D eigenvalue weighted by atomic mass is 127. The molecule has 0 radical (unpaired) electrons. The normalized spacial score (nSPS) is 41.5. The van der Waals surface area contributed by atoms with E-state index in [-0.39, 0.29) is 42.7 Å². The molecule has 0 amide bonds. The highest BCUT2D eigenvalue weighted by molar-refractivity contribution is 14.1. The van der Waals surface area contributed by atoms with Crippen molar-refractivity contribution < 1.29 is 62.4 Å². The zero-order chi connectivity index (χ0) is 56.0. The molecule has 1 unspecified atom stereocenters. The van der Waals surface area contributed by atoms with Crippen LogP contribution in [0.25, 0.3) is 5.69 Å². The summed E-state index contributed by atoms with van der Waals surface area (Å²) >= 11 is 1.97. The molecule has 6 heterocycles. The van der Waals surface area contributed by atoms with Gasteiger partial charge in [0, 0.05) is 106 Å². The van der Waals surface area contributed by atoms with Gasteiger partial charge in [-0.25, -0.2) is 9.07 Å². The molecule has 5 aliphatic heterocycles. The zero-order valence-electron chi connectivity index (χ0n) is 47.3. The second-order valence-corrected chi connectivity index (χ2v) is 23.5. The zero-order valence-corrected chi connectivity index (χ0v) is 49.5. The highest BCUT2D eigenvalue weighted by Gasteiger charge is 2.52. The topological polar surface area (TPSA) is 230 Å². The van der Waals surface area contributed by atoms with Crippen LogP contribution in [0.5, 0.6) is 0 Å². The van der Waals surface area contributed by atoms with Gasteiger partial charge < -0.3 is 68.7 Å². The Morgan fingerprint density at radius 2 is 1.66 bits per heavy atom. The lowest BCUT2D eigenvalue weighted by atomic mass is 9.77. The van der Waals surface area contributed by atoms with Crippen LogP contribution in [-0.2, 0) is 42.7 Å². The smallest absolute Gasteiger partial charge is 0.311 e. The van der Waals surface area contributed by atoms with Gasteiger partial charge in [-0.3, -0.25) is 9.80 Å². The lowest BCUT2D eigenvalue weighted by Gasteiger charge is -2.49. The van der Waals surface area contributed by atoms with Crippen LogP contribution in [-0.4, -0.2) is 183 Å². The van der Waals surface area contributed by atoms with Crippen LogP contribution in [0, 0.1) is 17.8 Å². The van der Waals surface area contributed by atoms with Gasteiger partial charge in [-0.15, -0.1) is 5.10 Å². The summed E-state index contributed by atoms with van der Waals surface area (Å²) in [6.45, 7) is 18.9. The molecule has 5 aliphatic rings. The summed E-state index contributed by atoms with van der Waals surface area (Å²) in [5.74, 6) is -2.62. The molecule has 432 valence electrons. The maximum atomic E-state index is 15.1. The molecule has 19 atom stereocenters. The molecular weight excluding hydrogens is 1100 g/mol. The summed E-state index contributed by atoms with van der Waals surface area (Å²) in [6.07, 6.45) is -2.61. The monoisotopic (exact) mass is 1190 g/mol. The first-order valence-corrected chi connectivity index (χ1v) is 28.1. The molecule has 0 aliphatic carbocycles. The average molecular weight is 1190 g/mol. The van der Waals surface area contributed by atoms with E-state index < -0.39 is 103 Å². The van der Waals surface area contributed by atoms with E-state index in [1.807, 2.05) is 108 Å². The van der Waals surface area contributed by atoms with Gasteiger partial charge in [-0.05, 0) is 105 Å². The molecule has 6 N–H and O–H groups in total. The molecule has 1 aromatic carbocycles. The van der Waals surface area contributed by atoms with Crippen molar-refractivity contribution in [3.8, 4) is 5.69 Å². The van der Waals surface area contributed by atoms with Gasteiger partial charge in [0.15, 0.2) is 12.6 Å². The Hall–Kier alpha value is -2.69. The fraction of sp³-hybridized carbons (Fsp3) is 0.796. The summed E-state index contributed by atoms with van der Waals surface area (Å²) in [4.78, 5) is 19.1. The number of benzene rings is 1. The molecule has 0 spiro atoms. The minimum Gasteiger partial charge on any atom is -0.459 e. The number of nitrogens with one attached hydrogen (secondary N) is 1. The third kappa shape index (κ3) is 14.8. The third-order valence-electron chi connectivity index (χ3n) is 16.6. The van der Waals surface area contributed by atoms with E-state index in [0.29, 0.717) is 62.1 Å². The molecule has 6 bridgehead atoms. The summed E-state index contributed by atoms with van der Waals surface area (Å²) in [6, 6.07) is 5.85. The second-order valence-electron chi connectivity index (χ2n) is 23.0. The average Bonchev–Trinajstić information content (AvgIpc) is 3.88. The van der Waals surface area contributed by atoms with Crippen LogP contribution in [0.2, 0.25) is 0 Å². The van der Waals surface area contributed by atoms with Gasteiger partial charge in [0.1, 0.15) is 42.3 Å². The molecule has 2 aromatic rings. The Bertz CT molecular complexity index is 2180. The number of nitrogens with zero attached hydrogens (tertiary/aromatic N) is 6. The molecule has 3 saturated heterocycles. The Morgan fingerprint density at radius 3 is 2.29 bits per heavy atom. The van der Waals surface area contributed by atoms with Gasteiger partial charge in [0.2, 0.25) is 6.29 Å². The number of aliphatic hydroxyl groups excluding tert-OH is 2. The molecule has 1 aromatic heterocycles. The molecule has 76 heavy (non-hydrogen) atoms. The highest BCUT2D eigenvalue weighted by Crippen LogP contribution is 2.43. The van der Waals surface area contributed by atoms with Crippen LogP contribution in [0.3, 0.4) is 0 Å². The van der Waals surface area contributed by atoms with Crippen LogP contribution < -0.4 is 9.37 Å². The molecule has 0 saturated carbocycles. The van der Waals surface area contributed by atoms with E-state index in [9.17, 15) is 20.1 Å². The SMILES string of the molecule is CC[C@H]1OC(=O)[C@H](C)[C@@H](O[C@H]2C[C@@](C)(OC)C[C@H](C)O2)[C@H](C)[C@H]2O[C@H]3C[C@H](C[C@@H](C)O3)N(C)CC/C(N)=C/N(NI)[C@H](CF)[C@H](OC)c3ccc(cc3)-n3cc(nn3)C(O)O[C@]2(C)C[C@@H](C)CN(C)[C@H](C)[C@@H](O)[C@]1(C)O. The predicted molar refractivity (Wildman–Crippen MR) is 291 cm³/mol. The number of aromatic nitrogens is 3. The maximum absolute atomic E-state index is 15.1. The first-order chi connectivity index (χ1) is 35.8. The number of carbonyl (C=O) groups is 1. The number of aliphatic hydroxyl groups is 3. The molecule has 20 nitrogen and oxygen atoms in total. The number of hydrogen-bond acceptors (Lipinski definition) is 19. The number of cyclic esters (lactones) is 1. The molecular formula is C54H90FIN8O12. The van der Waals surface area contributed by atoms with E-state index >= 15 is 4.39 Å². The molecule has 7 rings (SSSR count). The number of alkyl halides is 1. The van der Waals surface area contributed by atoms with Crippen molar-refractivity contribution >= 4 is 28.8 Å². The molecule has 3 fully saturated rings. The number of methoxy groups -OCH3 is 2. The van der Waals surface area contributed by atoms with Crippen molar-refractivity contribution in [2.45, 2.75) is 211 Å². The number of hydrogen-bond donors (Lipinski definition) is 5. The van der Waals surface area contributed by atoms with Crippen LogP contribution in [0.15, 0.2) is 42.4 Å². The number of fused-ring (bicyclic) bond motifs is 9. The number of likely N-dealkylation sites (N-methyl/N-ethyl adjacent to an activating group) is 1. The van der Waals surface area contributed by atoms with Gasteiger partial charge in [0.05, 0.1) is 53.4 Å². The van der Waals surface area contributed by atoms with Crippen LogP contribution >= 0.6 is 22.9 Å². The Labute approximate surface area is 464 Å². The van der Waals surface area contributed by atoms with Crippen molar-refractivity contribution in [2.75, 3.05) is 48.1 Å². The van der Waals surface area contributed by atoms with Crippen molar-refractivity contribution in [3.63, 3.8) is 0 Å². The van der Waals surface area contributed by atoms with Crippen LogP contribution in [0.4, 0.5) is 4.39 Å². The first kappa shape index (κ1) is 62.5. The number of carbonyl (C=O) groups excluding carboxylic acids is 1. The van der Waals surface area contributed by atoms with Gasteiger partial charge in [-0.2, -0.15) is 3.64 Å². The Kier molecular flexibility index (Phi) is 22.0. The third-order valence-corrected chi connectivity index (χ3v) is 17.2. The summed E-state index contributed by atoms with van der Waals surface area (Å²) in [5.41, 5.74) is 4.81. The number of ether oxygens (including phenoxy) is 8. The number of hydrazine groups is 1. The van der Waals surface area contributed by atoms with E-state index in [2.05, 4.69) is 25.8 Å². The van der Waals surface area contributed by atoms with Crippen molar-refractivity contribution in [2.24, 2.45) is 23.5 Å². The molecule has 22 heteroatoms. The largest absolute Gasteiger partial charge is 0.459 e. The summed E-state index contributed by atoms with van der Waals surface area (Å²) in [7, 11) is 7.11. The van der Waals surface area contributed by atoms with E-state index in [4.69, 9.17) is 43.6 Å². The fourth-order valence-corrected chi connectivity index (χ4v) is 12.6. The van der Waals surface area contributed by atoms with Gasteiger partial charge >= 0.3 is 5.97 Å². The van der Waals surface area contributed by atoms with Crippen molar-refractivity contribution in [1.29, 1.82) is 0 Å². The van der Waals surface area contributed by atoms with Crippen molar-refractivity contribution in [1.82, 2.24) is 33.4 Å². The number of esters is 1. The first-order valence-electron chi connectivity index (χ1n) is 27.1. The Morgan fingerprint density at radius 1 is 0.961 bits per heavy atom. The standard InChI is InChI=1S/C54H90FIN8O12/c1-15-43-54(10,68)48(65)36(7)62(12)28-31(2)24-53(9)49(34(5)46(35(6)50(66)73-43)74-45-26-52(8,70-14)25-33(4)72-45)75-44-23-40(22-32(3)71-44)61(11)21-20-38(57)29-64(59-56)42(27-55)47(69-13)37-16-18-39(19-17-37)63-30-41(58-60-63)51(67)76-53/h16-19,29-36,40,42-49,51,59,65,67-68H,15,20-28,57H2,1-14H3/b38-29-/t31-,32-,33+,34+,35-,36-,40+,42-,43-,44+,45+,46+,47-,48-,49-,51?,52+,53-,54-/m1/s1. The second kappa shape index (κ2) is 26.7. The van der Waals surface area contributed by atoms with E-state index in [1.54, 1.807) is 38.4 Å². The Balaban J connectivity index is 1.52. The minimum absolute atomic E-state index is 0.0457. The van der Waals surface area contributed by atoms with E-state index in [1.165, 1.54) is 18.7 Å². The minimum atomic E-state index is -1.84. The van der Waals surface area contributed by atoms with Gasteiger partial charge in [0.25, 0.3) is 0 Å². The lowest BCUT2D eigenvalue weighted by molar-refractivity contribution is -0.311. The quantitative estimate of drug-likeness (QED) is 0.121. The summed E-state index contributed by atoms with van der Waals surface area (Å²) in [5, 5.41) is 46.9. The lowest BCUT2D eigenvalue weighted by Crippen LogP contribution is -2.59. The predicted octanol–water partition coefficient (Wildman–Crippen LogP) is 6.01. The fourth-order valence-electron chi connectivity index (χ4n) is 12.1. The maximum Gasteiger partial charge on any atom is 0.311 e. The summed E-state index contributed by atoms with van der Waals surface area (Å²) < 4.78 is 72.7. The van der Waals surface area contributed by atoms with Crippen LogP contribution in [0.1, 0.15) is 138 Å². The number of rotatable bonds is 7. The number of halogens is 2. The number of nitrogens with two attached hydrogens (primary N) is 1. The van der Waals surface area contributed by atoms with E-state index in [0.717, 1.165) is 0 Å². The van der Waals surface area contributed by atoms with Crippen molar-refractivity contribution in [3.05, 3.63) is 53.6 Å².